The van der Waals surface area contributed by atoms with Gasteiger partial charge in [0, 0.05) is 0 Å². The van der Waals surface area contributed by atoms with Gasteiger partial charge >= 0.3 is 5.97 Å². The van der Waals surface area contributed by atoms with Crippen molar-refractivity contribution in [2.24, 2.45) is 0 Å². The Balaban J connectivity index is 1.39. The van der Waals surface area contributed by atoms with Crippen LogP contribution in [-0.4, -0.2) is 18.7 Å². The Bertz CT molecular complexity index is 1120. The van der Waals surface area contributed by atoms with Crippen molar-refractivity contribution in [2.75, 3.05) is 6.61 Å². The molecule has 0 N–H and O–H groups in total. The van der Waals surface area contributed by atoms with Gasteiger partial charge in [-0.15, -0.1) is 0 Å². The number of benzene rings is 3. The van der Waals surface area contributed by atoms with Crippen LogP contribution in [0.5, 0.6) is 5.75 Å². The lowest BCUT2D eigenvalue weighted by Crippen LogP contribution is -2.15. The van der Waals surface area contributed by atoms with Crippen LogP contribution in [0, 0.1) is 0 Å². The molecule has 0 amide bonds. The highest BCUT2D eigenvalue weighted by Crippen LogP contribution is 2.23. The quantitative estimate of drug-likeness (QED) is 0.105. The van der Waals surface area contributed by atoms with Gasteiger partial charge in [-0.3, -0.25) is 0 Å². The lowest BCUT2D eigenvalue weighted by atomic mass is 10.0. The molecule has 0 aliphatic heterocycles. The van der Waals surface area contributed by atoms with Crippen LogP contribution in [0.4, 0.5) is 0 Å². The number of carbonyl (C=O) groups excluding carboxylic acids is 1. The topological polar surface area (TPSA) is 35.5 Å². The summed E-state index contributed by atoms with van der Waals surface area (Å²) in [5.74, 6) is 0.748. The second-order valence-corrected chi connectivity index (χ2v) is 11.4. The van der Waals surface area contributed by atoms with Crippen LogP contribution < -0.4 is 4.74 Å². The number of carbonyl (C=O) groups is 1. The summed E-state index contributed by atoms with van der Waals surface area (Å²) in [5, 5.41) is 2.47. The third-order valence-corrected chi connectivity index (χ3v) is 7.81. The standard InChI is InChI=1S/C37H52O3/c1-4-6-8-10-11-12-13-15-27-39-36-26-25-34-28-32(21-24-35(34)29-36)18-17-31-19-22-33(23-20-31)37(38)40-30(3)16-14-9-7-5-2/h19-26,28-30H,4-18,27H2,1-3H3/t30-/m1/s1. The van der Waals surface area contributed by atoms with E-state index in [1.807, 2.05) is 19.1 Å². The highest BCUT2D eigenvalue weighted by Gasteiger charge is 2.12. The first-order chi connectivity index (χ1) is 19.6. The Kier molecular flexibility index (Phi) is 14.7. The molecular formula is C37H52O3. The van der Waals surface area contributed by atoms with Crippen molar-refractivity contribution in [3.8, 4) is 5.75 Å². The molecule has 0 aromatic heterocycles. The first-order valence-corrected chi connectivity index (χ1v) is 16.0. The fourth-order valence-electron chi connectivity index (χ4n) is 5.21. The number of unbranched alkanes of at least 4 members (excludes halogenated alkanes) is 10. The summed E-state index contributed by atoms with van der Waals surface area (Å²) in [5.41, 5.74) is 3.18. The SMILES string of the molecule is CCCCCCCCCCOc1ccc2cc(CCc3ccc(C(=O)O[C@H](C)CCCCCC)cc3)ccc2c1. The number of hydrogen-bond donors (Lipinski definition) is 0. The summed E-state index contributed by atoms with van der Waals surface area (Å²) in [6, 6.07) is 21.1. The molecule has 3 rings (SSSR count). The Morgan fingerprint density at radius 3 is 1.95 bits per heavy atom. The van der Waals surface area contributed by atoms with Crippen molar-refractivity contribution in [1.29, 1.82) is 0 Å². The Labute approximate surface area is 243 Å². The average molecular weight is 545 g/mol. The normalized spacial score (nSPS) is 12.0. The summed E-state index contributed by atoms with van der Waals surface area (Å²) in [6.07, 6.45) is 18.1. The van der Waals surface area contributed by atoms with Crippen molar-refractivity contribution in [3.05, 3.63) is 77.4 Å². The molecule has 1 atom stereocenters. The maximum absolute atomic E-state index is 12.5. The molecule has 0 aliphatic rings. The predicted molar refractivity (Wildman–Crippen MR) is 170 cm³/mol. The molecule has 0 spiro atoms. The molecule has 218 valence electrons. The molecule has 3 heteroatoms. The van der Waals surface area contributed by atoms with E-state index >= 15 is 0 Å². The van der Waals surface area contributed by atoms with Gasteiger partial charge in [0.2, 0.25) is 0 Å². The molecule has 0 saturated carbocycles. The summed E-state index contributed by atoms with van der Waals surface area (Å²) in [6.45, 7) is 7.27. The van der Waals surface area contributed by atoms with E-state index in [0.29, 0.717) is 5.56 Å². The average Bonchev–Trinajstić information content (AvgIpc) is 2.97. The molecule has 0 aliphatic carbocycles. The van der Waals surface area contributed by atoms with Crippen LogP contribution in [-0.2, 0) is 17.6 Å². The molecule has 0 unspecified atom stereocenters. The molecular weight excluding hydrogens is 492 g/mol. The molecule has 0 radical (unpaired) electrons. The van der Waals surface area contributed by atoms with Gasteiger partial charge in [-0.2, -0.15) is 0 Å². The zero-order chi connectivity index (χ0) is 28.4. The van der Waals surface area contributed by atoms with Crippen molar-refractivity contribution < 1.29 is 14.3 Å². The highest BCUT2D eigenvalue weighted by atomic mass is 16.5. The number of rotatable bonds is 20. The minimum atomic E-state index is -0.217. The zero-order valence-corrected chi connectivity index (χ0v) is 25.4. The highest BCUT2D eigenvalue weighted by molar-refractivity contribution is 5.89. The summed E-state index contributed by atoms with van der Waals surface area (Å²) in [4.78, 5) is 12.5. The molecule has 0 saturated heterocycles. The van der Waals surface area contributed by atoms with Crippen LogP contribution in [0.15, 0.2) is 60.7 Å². The maximum atomic E-state index is 12.5. The number of esters is 1. The minimum Gasteiger partial charge on any atom is -0.494 e. The van der Waals surface area contributed by atoms with E-state index in [1.54, 1.807) is 0 Å². The van der Waals surface area contributed by atoms with E-state index in [4.69, 9.17) is 9.47 Å². The lowest BCUT2D eigenvalue weighted by Gasteiger charge is -2.13. The van der Waals surface area contributed by atoms with Gasteiger partial charge in [0.1, 0.15) is 5.75 Å². The van der Waals surface area contributed by atoms with E-state index in [0.717, 1.165) is 44.5 Å². The largest absolute Gasteiger partial charge is 0.494 e. The number of ether oxygens (including phenoxy) is 2. The monoisotopic (exact) mass is 544 g/mol. The third-order valence-electron chi connectivity index (χ3n) is 7.81. The van der Waals surface area contributed by atoms with E-state index in [9.17, 15) is 4.79 Å². The van der Waals surface area contributed by atoms with Crippen molar-refractivity contribution in [1.82, 2.24) is 0 Å². The van der Waals surface area contributed by atoms with Gasteiger partial charge in [0.25, 0.3) is 0 Å². The van der Waals surface area contributed by atoms with Crippen molar-refractivity contribution in [2.45, 2.75) is 123 Å². The molecule has 3 aromatic carbocycles. The van der Waals surface area contributed by atoms with Crippen LogP contribution in [0.3, 0.4) is 0 Å². The van der Waals surface area contributed by atoms with E-state index in [1.165, 1.54) is 86.1 Å². The Morgan fingerprint density at radius 1 is 0.650 bits per heavy atom. The summed E-state index contributed by atoms with van der Waals surface area (Å²) >= 11 is 0. The van der Waals surface area contributed by atoms with Crippen molar-refractivity contribution >= 4 is 16.7 Å². The van der Waals surface area contributed by atoms with Crippen LogP contribution in [0.25, 0.3) is 10.8 Å². The zero-order valence-electron chi connectivity index (χ0n) is 25.4. The van der Waals surface area contributed by atoms with Crippen LogP contribution in [0.2, 0.25) is 0 Å². The molecule has 3 aromatic rings. The number of hydrogen-bond acceptors (Lipinski definition) is 3. The minimum absolute atomic E-state index is 0.0329. The fourth-order valence-corrected chi connectivity index (χ4v) is 5.21. The van der Waals surface area contributed by atoms with Gasteiger partial charge in [-0.1, -0.05) is 114 Å². The van der Waals surface area contributed by atoms with Gasteiger partial charge in [-0.25, -0.2) is 4.79 Å². The van der Waals surface area contributed by atoms with E-state index in [-0.39, 0.29) is 12.1 Å². The predicted octanol–water partition coefficient (Wildman–Crippen LogP) is 10.7. The van der Waals surface area contributed by atoms with Crippen LogP contribution in [0.1, 0.15) is 126 Å². The molecule has 0 bridgehead atoms. The summed E-state index contributed by atoms with van der Waals surface area (Å²) in [7, 11) is 0. The van der Waals surface area contributed by atoms with Gasteiger partial charge in [0.05, 0.1) is 18.3 Å². The summed E-state index contributed by atoms with van der Waals surface area (Å²) < 4.78 is 11.7. The first-order valence-electron chi connectivity index (χ1n) is 16.0. The second-order valence-electron chi connectivity index (χ2n) is 11.4. The Hall–Kier alpha value is -2.81. The third kappa shape index (κ3) is 11.7. The number of aryl methyl sites for hydroxylation is 2. The smallest absolute Gasteiger partial charge is 0.338 e. The first kappa shape index (κ1) is 31.7. The Morgan fingerprint density at radius 2 is 1.23 bits per heavy atom. The fraction of sp³-hybridized carbons (Fsp3) is 0.541. The molecule has 40 heavy (non-hydrogen) atoms. The van der Waals surface area contributed by atoms with Gasteiger partial charge in [-0.05, 0) is 85.2 Å². The van der Waals surface area contributed by atoms with Crippen molar-refractivity contribution in [3.63, 3.8) is 0 Å². The lowest BCUT2D eigenvalue weighted by molar-refractivity contribution is 0.0319. The van der Waals surface area contributed by atoms with E-state index in [2.05, 4.69) is 62.4 Å². The molecule has 0 fully saturated rings. The van der Waals surface area contributed by atoms with Gasteiger partial charge < -0.3 is 9.47 Å². The van der Waals surface area contributed by atoms with Crippen LogP contribution >= 0.6 is 0 Å². The van der Waals surface area contributed by atoms with Gasteiger partial charge in [0.15, 0.2) is 0 Å². The van der Waals surface area contributed by atoms with E-state index < -0.39 is 0 Å². The number of fused-ring (bicyclic) bond motifs is 1. The maximum Gasteiger partial charge on any atom is 0.338 e. The molecule has 3 nitrogen and oxygen atoms in total. The second kappa shape index (κ2) is 18.5. The molecule has 0 heterocycles.